The van der Waals surface area contributed by atoms with Crippen molar-refractivity contribution >= 4 is 28.6 Å². The molecule has 1 aromatic rings. The van der Waals surface area contributed by atoms with Crippen molar-refractivity contribution in [3.05, 3.63) is 15.9 Å². The summed E-state index contributed by atoms with van der Waals surface area (Å²) in [5, 5.41) is 4.52. The molecule has 14 heavy (non-hydrogen) atoms. The first-order valence-electron chi connectivity index (χ1n) is 4.88. The van der Waals surface area contributed by atoms with Gasteiger partial charge in [-0.2, -0.15) is 17.7 Å². The van der Waals surface area contributed by atoms with Crippen molar-refractivity contribution in [3.63, 3.8) is 0 Å². The molecule has 0 amide bonds. The van der Waals surface area contributed by atoms with E-state index in [1.807, 2.05) is 6.92 Å². The van der Waals surface area contributed by atoms with Gasteiger partial charge in [-0.25, -0.2) is 0 Å². The van der Waals surface area contributed by atoms with Crippen LogP contribution in [0.1, 0.15) is 24.2 Å². The van der Waals surface area contributed by atoms with Crippen molar-refractivity contribution in [2.45, 2.75) is 33.2 Å². The third-order valence-corrected chi connectivity index (χ3v) is 4.89. The maximum atomic E-state index is 4.52. The predicted molar refractivity (Wildman–Crippen MR) is 64.9 cm³/mol. The number of aryl methyl sites for hydroxylation is 1. The Labute approximate surface area is 98.6 Å². The number of thiol groups is 1. The summed E-state index contributed by atoms with van der Waals surface area (Å²) in [5.41, 5.74) is 2.75. The van der Waals surface area contributed by atoms with Crippen LogP contribution in [0.4, 0.5) is 0 Å². The topological polar surface area (TPSA) is 17.8 Å². The number of halogens is 1. The quantitative estimate of drug-likeness (QED) is 0.840. The second-order valence-electron chi connectivity index (χ2n) is 4.30. The molecule has 1 aromatic heterocycles. The largest absolute Gasteiger partial charge is 0.268 e. The zero-order chi connectivity index (χ0) is 10.3. The molecule has 0 N–H and O–H groups in total. The number of hydrogen-bond acceptors (Lipinski definition) is 2. The van der Waals surface area contributed by atoms with Crippen molar-refractivity contribution in [2.24, 2.45) is 5.41 Å². The van der Waals surface area contributed by atoms with Crippen LogP contribution >= 0.6 is 28.6 Å². The summed E-state index contributed by atoms with van der Waals surface area (Å²) in [4.78, 5) is 0. The van der Waals surface area contributed by atoms with Crippen LogP contribution < -0.4 is 0 Å². The molecule has 0 aromatic carbocycles. The summed E-state index contributed by atoms with van der Waals surface area (Å²) in [6.45, 7) is 5.17. The molecule has 0 unspecified atom stereocenters. The molecule has 1 aliphatic rings. The third-order valence-electron chi connectivity index (χ3n) is 3.07. The first kappa shape index (κ1) is 10.6. The third kappa shape index (κ3) is 1.74. The molecule has 0 bridgehead atoms. The van der Waals surface area contributed by atoms with Gasteiger partial charge in [0.05, 0.1) is 10.2 Å². The predicted octanol–water partition coefficient (Wildman–Crippen LogP) is 2.97. The monoisotopic (exact) mass is 274 g/mol. The molecule has 0 saturated heterocycles. The SMILES string of the molecule is Cc1nn(CC2(CS)CC2)c(C)c1Br. The van der Waals surface area contributed by atoms with Gasteiger partial charge in [-0.1, -0.05) is 0 Å². The minimum atomic E-state index is 0.436. The van der Waals surface area contributed by atoms with Crippen LogP contribution in [0.5, 0.6) is 0 Å². The van der Waals surface area contributed by atoms with E-state index in [0.29, 0.717) is 5.41 Å². The lowest BCUT2D eigenvalue weighted by Gasteiger charge is -2.12. The summed E-state index contributed by atoms with van der Waals surface area (Å²) in [6, 6.07) is 0. The van der Waals surface area contributed by atoms with Crippen LogP contribution in [0, 0.1) is 19.3 Å². The molecule has 1 saturated carbocycles. The van der Waals surface area contributed by atoms with E-state index in [4.69, 9.17) is 0 Å². The Bertz CT molecular complexity index is 355. The minimum Gasteiger partial charge on any atom is -0.268 e. The molecule has 0 spiro atoms. The lowest BCUT2D eigenvalue weighted by atomic mass is 10.1. The molecule has 0 atom stereocenters. The Morgan fingerprint density at radius 2 is 2.14 bits per heavy atom. The van der Waals surface area contributed by atoms with Gasteiger partial charge < -0.3 is 0 Å². The van der Waals surface area contributed by atoms with Gasteiger partial charge in [0.1, 0.15) is 0 Å². The van der Waals surface area contributed by atoms with Gasteiger partial charge in [0.25, 0.3) is 0 Å². The lowest BCUT2D eigenvalue weighted by Crippen LogP contribution is -2.15. The van der Waals surface area contributed by atoms with Crippen molar-refractivity contribution in [1.82, 2.24) is 9.78 Å². The molecular formula is C10H15BrN2S. The standard InChI is InChI=1S/C10H15BrN2S/c1-7-9(11)8(2)13(12-7)5-10(6-14)3-4-10/h14H,3-6H2,1-2H3. The molecular weight excluding hydrogens is 260 g/mol. The summed E-state index contributed by atoms with van der Waals surface area (Å²) in [7, 11) is 0. The fourth-order valence-corrected chi connectivity index (χ4v) is 2.39. The zero-order valence-corrected chi connectivity index (χ0v) is 11.0. The molecule has 1 fully saturated rings. The van der Waals surface area contributed by atoms with Crippen molar-refractivity contribution < 1.29 is 0 Å². The lowest BCUT2D eigenvalue weighted by molar-refractivity contribution is 0.432. The average Bonchev–Trinajstić information content (AvgIpc) is 2.90. The highest BCUT2D eigenvalue weighted by Crippen LogP contribution is 2.48. The van der Waals surface area contributed by atoms with Gasteiger partial charge in [0.15, 0.2) is 0 Å². The molecule has 78 valence electrons. The van der Waals surface area contributed by atoms with E-state index in [2.05, 4.69) is 45.3 Å². The summed E-state index contributed by atoms with van der Waals surface area (Å²) in [5.74, 6) is 0.975. The van der Waals surface area contributed by atoms with E-state index in [0.717, 1.165) is 22.5 Å². The second-order valence-corrected chi connectivity index (χ2v) is 5.41. The second kappa shape index (κ2) is 3.56. The number of nitrogens with zero attached hydrogens (tertiary/aromatic N) is 2. The van der Waals surface area contributed by atoms with Crippen LogP contribution in [0.2, 0.25) is 0 Å². The van der Waals surface area contributed by atoms with Gasteiger partial charge in [-0.05, 0) is 53.8 Å². The van der Waals surface area contributed by atoms with E-state index in [1.54, 1.807) is 0 Å². The zero-order valence-electron chi connectivity index (χ0n) is 8.55. The fourth-order valence-electron chi connectivity index (χ4n) is 1.69. The molecule has 0 radical (unpaired) electrons. The summed E-state index contributed by atoms with van der Waals surface area (Å²) in [6.07, 6.45) is 2.60. The first-order valence-corrected chi connectivity index (χ1v) is 6.31. The Balaban J connectivity index is 2.21. The molecule has 1 aliphatic carbocycles. The average molecular weight is 275 g/mol. The highest BCUT2D eigenvalue weighted by atomic mass is 79.9. The number of aromatic nitrogens is 2. The minimum absolute atomic E-state index is 0.436. The van der Waals surface area contributed by atoms with Crippen LogP contribution in [0.25, 0.3) is 0 Å². The molecule has 4 heteroatoms. The van der Waals surface area contributed by atoms with Gasteiger partial charge in [0, 0.05) is 12.2 Å². The summed E-state index contributed by atoms with van der Waals surface area (Å²) >= 11 is 7.96. The first-order chi connectivity index (χ1) is 6.58. The Kier molecular flexibility index (Phi) is 2.68. The Morgan fingerprint density at radius 1 is 1.50 bits per heavy atom. The van der Waals surface area contributed by atoms with E-state index in [-0.39, 0.29) is 0 Å². The smallest absolute Gasteiger partial charge is 0.0738 e. The van der Waals surface area contributed by atoms with Gasteiger partial charge in [-0.3, -0.25) is 4.68 Å². The number of hydrogen-bond donors (Lipinski definition) is 1. The van der Waals surface area contributed by atoms with Crippen LogP contribution in [0.15, 0.2) is 4.47 Å². The van der Waals surface area contributed by atoms with E-state index >= 15 is 0 Å². The Morgan fingerprint density at radius 3 is 2.50 bits per heavy atom. The maximum Gasteiger partial charge on any atom is 0.0738 e. The molecule has 0 aliphatic heterocycles. The summed E-state index contributed by atoms with van der Waals surface area (Å²) < 4.78 is 3.26. The highest BCUT2D eigenvalue weighted by Gasteiger charge is 2.42. The van der Waals surface area contributed by atoms with Gasteiger partial charge >= 0.3 is 0 Å². The van der Waals surface area contributed by atoms with Crippen molar-refractivity contribution in [1.29, 1.82) is 0 Å². The highest BCUT2D eigenvalue weighted by molar-refractivity contribution is 9.10. The van der Waals surface area contributed by atoms with E-state index in [9.17, 15) is 0 Å². The van der Waals surface area contributed by atoms with Gasteiger partial charge in [-0.15, -0.1) is 0 Å². The van der Waals surface area contributed by atoms with Crippen molar-refractivity contribution in [3.8, 4) is 0 Å². The maximum absolute atomic E-state index is 4.52. The van der Waals surface area contributed by atoms with Crippen molar-refractivity contribution in [2.75, 3.05) is 5.75 Å². The molecule has 2 rings (SSSR count). The number of rotatable bonds is 3. The Hall–Kier alpha value is 0.0400. The molecule has 2 nitrogen and oxygen atoms in total. The fraction of sp³-hybridized carbons (Fsp3) is 0.700. The molecule has 1 heterocycles. The normalized spacial score (nSPS) is 18.6. The van der Waals surface area contributed by atoms with Crippen LogP contribution in [0.3, 0.4) is 0 Å². The van der Waals surface area contributed by atoms with Gasteiger partial charge in [0.2, 0.25) is 0 Å². The van der Waals surface area contributed by atoms with E-state index in [1.165, 1.54) is 18.5 Å². The van der Waals surface area contributed by atoms with Crippen LogP contribution in [-0.4, -0.2) is 15.5 Å². The van der Waals surface area contributed by atoms with E-state index < -0.39 is 0 Å². The van der Waals surface area contributed by atoms with Crippen LogP contribution in [-0.2, 0) is 6.54 Å².